The molecule has 0 amide bonds. The molecule has 9 aromatic rings. The summed E-state index contributed by atoms with van der Waals surface area (Å²) in [6, 6.07) is 30.4. The van der Waals surface area contributed by atoms with Gasteiger partial charge >= 0.3 is 0 Å². The maximum Gasteiger partial charge on any atom is 0.208 e. The third kappa shape index (κ3) is 4.44. The molecule has 0 aliphatic rings. The maximum absolute atomic E-state index is 12.5. The molecule has 8 aromatic carbocycles. The second-order valence-corrected chi connectivity index (χ2v) is 13.1. The molecule has 0 radical (unpaired) electrons. The average molecular weight is 733 g/mol. The van der Waals surface area contributed by atoms with Gasteiger partial charge in [0.25, 0.3) is 0 Å². The summed E-state index contributed by atoms with van der Waals surface area (Å²) in [5, 5.41) is 114. The minimum absolute atomic E-state index is 0.0175. The summed E-state index contributed by atoms with van der Waals surface area (Å²) in [6.45, 7) is 0. The van der Waals surface area contributed by atoms with E-state index in [4.69, 9.17) is 4.42 Å². The zero-order valence-corrected chi connectivity index (χ0v) is 28.3. The highest BCUT2D eigenvalue weighted by Crippen LogP contribution is 2.62. The molecule has 0 aliphatic heterocycles. The second-order valence-electron chi connectivity index (χ2n) is 13.1. The Morgan fingerprint density at radius 2 is 0.618 bits per heavy atom. The number of benzene rings is 8. The molecule has 9 rings (SSSR count). The number of aromatic hydroxyl groups is 10. The summed E-state index contributed by atoms with van der Waals surface area (Å²) in [6.07, 6.45) is 0. The summed E-state index contributed by atoms with van der Waals surface area (Å²) >= 11 is 0. The SMILES string of the molecule is Oc1c(O)c(-c2ccccc2)c(O)c(-c2c3ccccc3c(-c3c(O)c(-c4ccccc4)c(O)c4oc5c(O)c(O)c(O)c(O)c5c34)c3ccccc23)c1O. The molecule has 0 spiro atoms. The van der Waals surface area contributed by atoms with Crippen LogP contribution in [0.4, 0.5) is 0 Å². The Bertz CT molecular complexity index is 3020. The van der Waals surface area contributed by atoms with Crippen LogP contribution in [0.25, 0.3) is 88.0 Å². The van der Waals surface area contributed by atoms with Crippen molar-refractivity contribution in [2.24, 2.45) is 0 Å². The van der Waals surface area contributed by atoms with E-state index in [9.17, 15) is 51.1 Å². The van der Waals surface area contributed by atoms with Gasteiger partial charge < -0.3 is 55.5 Å². The largest absolute Gasteiger partial charge is 0.506 e. The molecule has 0 aliphatic carbocycles. The third-order valence-corrected chi connectivity index (χ3v) is 10.2. The van der Waals surface area contributed by atoms with Crippen LogP contribution in [0.2, 0.25) is 0 Å². The van der Waals surface area contributed by atoms with Gasteiger partial charge in [-0.1, -0.05) is 109 Å². The number of hydrogen-bond acceptors (Lipinski definition) is 11. The lowest BCUT2D eigenvalue weighted by atomic mass is 9.82. The molecule has 0 fully saturated rings. The number of phenolic OH excluding ortho intramolecular Hbond substituents is 10. The Hall–Kier alpha value is -7.92. The van der Waals surface area contributed by atoms with Gasteiger partial charge in [-0.2, -0.15) is 0 Å². The first-order valence-electron chi connectivity index (χ1n) is 16.9. The minimum atomic E-state index is -1.07. The van der Waals surface area contributed by atoms with Gasteiger partial charge in [0.15, 0.2) is 34.2 Å². The molecule has 0 atom stereocenters. The van der Waals surface area contributed by atoms with Crippen LogP contribution in [0.15, 0.2) is 114 Å². The van der Waals surface area contributed by atoms with Gasteiger partial charge in [-0.15, -0.1) is 0 Å². The summed E-state index contributed by atoms with van der Waals surface area (Å²) in [4.78, 5) is 0. The molecule has 0 saturated heterocycles. The molecule has 10 N–H and O–H groups in total. The van der Waals surface area contributed by atoms with Crippen LogP contribution in [0.3, 0.4) is 0 Å². The van der Waals surface area contributed by atoms with Crippen molar-refractivity contribution in [1.29, 1.82) is 0 Å². The monoisotopic (exact) mass is 732 g/mol. The van der Waals surface area contributed by atoms with Crippen LogP contribution in [0.5, 0.6) is 57.5 Å². The Morgan fingerprint density at radius 3 is 1.13 bits per heavy atom. The number of rotatable bonds is 4. The lowest BCUT2D eigenvalue weighted by Gasteiger charge is -2.22. The third-order valence-electron chi connectivity index (χ3n) is 10.2. The summed E-state index contributed by atoms with van der Waals surface area (Å²) in [7, 11) is 0. The van der Waals surface area contributed by atoms with Crippen LogP contribution >= 0.6 is 0 Å². The van der Waals surface area contributed by atoms with Crippen molar-refractivity contribution in [2.75, 3.05) is 0 Å². The van der Waals surface area contributed by atoms with Crippen molar-refractivity contribution in [1.82, 2.24) is 0 Å². The van der Waals surface area contributed by atoms with Crippen molar-refractivity contribution in [2.45, 2.75) is 0 Å². The topological polar surface area (TPSA) is 215 Å². The fourth-order valence-corrected chi connectivity index (χ4v) is 7.75. The zero-order valence-electron chi connectivity index (χ0n) is 28.3. The molecule has 0 saturated carbocycles. The second kappa shape index (κ2) is 11.8. The summed E-state index contributed by atoms with van der Waals surface area (Å²) in [5.41, 5.74) is 0.0598. The smallest absolute Gasteiger partial charge is 0.208 e. The lowest BCUT2D eigenvalue weighted by Crippen LogP contribution is -1.95. The van der Waals surface area contributed by atoms with Crippen molar-refractivity contribution in [3.63, 3.8) is 0 Å². The predicted molar refractivity (Wildman–Crippen MR) is 207 cm³/mol. The van der Waals surface area contributed by atoms with E-state index in [0.29, 0.717) is 38.2 Å². The predicted octanol–water partition coefficient (Wildman–Crippen LogP) is 9.62. The van der Waals surface area contributed by atoms with E-state index in [1.54, 1.807) is 109 Å². The van der Waals surface area contributed by atoms with E-state index in [1.165, 1.54) is 0 Å². The molecule has 55 heavy (non-hydrogen) atoms. The van der Waals surface area contributed by atoms with Gasteiger partial charge in [0, 0.05) is 22.1 Å². The zero-order chi connectivity index (χ0) is 38.4. The van der Waals surface area contributed by atoms with E-state index in [1.807, 2.05) is 0 Å². The fraction of sp³-hybridized carbons (Fsp3) is 0. The van der Waals surface area contributed by atoms with Gasteiger partial charge in [0.2, 0.25) is 23.0 Å². The highest BCUT2D eigenvalue weighted by Gasteiger charge is 2.34. The fourth-order valence-electron chi connectivity index (χ4n) is 7.75. The molecule has 270 valence electrons. The van der Waals surface area contributed by atoms with Gasteiger partial charge in [0.05, 0.1) is 22.1 Å². The van der Waals surface area contributed by atoms with E-state index >= 15 is 0 Å². The Morgan fingerprint density at radius 1 is 0.255 bits per heavy atom. The maximum atomic E-state index is 12.5. The Balaban J connectivity index is 1.52. The standard InChI is InChI=1S/C44H28O11/c45-33-26(20-13-5-2-6-14-20)38(50)43-30(32-37(49)40(52)41(53)42(54)44(32)55-43)29(33)27-21-15-7-9-17-23(21)28(24-18-10-8-16-22(24)27)31-34(46)25(19-11-3-1-4-12-19)35(47)39(51)36(31)48/h1-18,45-54H. The van der Waals surface area contributed by atoms with E-state index in [2.05, 4.69) is 0 Å². The van der Waals surface area contributed by atoms with Crippen molar-refractivity contribution in [3.05, 3.63) is 109 Å². The average Bonchev–Trinajstić information content (AvgIpc) is 3.61. The summed E-state index contributed by atoms with van der Waals surface area (Å²) in [5.74, 6) is -7.92. The van der Waals surface area contributed by atoms with Gasteiger partial charge in [-0.05, 0) is 32.7 Å². The van der Waals surface area contributed by atoms with Gasteiger partial charge in [0.1, 0.15) is 11.5 Å². The molecule has 0 bridgehead atoms. The molecule has 0 unspecified atom stereocenters. The highest BCUT2D eigenvalue weighted by atomic mass is 16.4. The molecule has 1 heterocycles. The molecule has 11 heteroatoms. The highest BCUT2D eigenvalue weighted by molar-refractivity contribution is 6.30. The van der Waals surface area contributed by atoms with Crippen LogP contribution in [-0.2, 0) is 0 Å². The van der Waals surface area contributed by atoms with Gasteiger partial charge in [-0.3, -0.25) is 0 Å². The van der Waals surface area contributed by atoms with Crippen molar-refractivity contribution >= 4 is 43.5 Å². The first kappa shape index (κ1) is 33.0. The van der Waals surface area contributed by atoms with Crippen LogP contribution in [0, 0.1) is 0 Å². The van der Waals surface area contributed by atoms with Gasteiger partial charge in [-0.25, -0.2) is 0 Å². The molecule has 1 aromatic heterocycles. The van der Waals surface area contributed by atoms with Crippen molar-refractivity contribution < 1.29 is 55.5 Å². The van der Waals surface area contributed by atoms with E-state index in [-0.39, 0.29) is 44.2 Å². The van der Waals surface area contributed by atoms with Crippen LogP contribution in [-0.4, -0.2) is 51.1 Å². The quantitative estimate of drug-likeness (QED) is 0.0467. The Kier molecular flexibility index (Phi) is 7.07. The molecular weight excluding hydrogens is 704 g/mol. The number of fused-ring (bicyclic) bond motifs is 5. The molecular formula is C44H28O11. The van der Waals surface area contributed by atoms with Crippen LogP contribution < -0.4 is 0 Å². The molecule has 11 nitrogen and oxygen atoms in total. The number of hydrogen-bond donors (Lipinski definition) is 10. The van der Waals surface area contributed by atoms with Crippen molar-refractivity contribution in [3.8, 4) is 102 Å². The van der Waals surface area contributed by atoms with E-state index in [0.717, 1.165) is 0 Å². The Labute approximate surface area is 309 Å². The minimum Gasteiger partial charge on any atom is -0.506 e. The first-order valence-corrected chi connectivity index (χ1v) is 16.9. The van der Waals surface area contributed by atoms with Crippen LogP contribution in [0.1, 0.15) is 0 Å². The first-order chi connectivity index (χ1) is 26.5. The number of phenols is 10. The normalized spacial score (nSPS) is 11.6. The number of furan rings is 1. The lowest BCUT2D eigenvalue weighted by molar-refractivity contribution is 0.348. The van der Waals surface area contributed by atoms with E-state index < -0.39 is 63.1 Å². The summed E-state index contributed by atoms with van der Waals surface area (Å²) < 4.78 is 5.98.